The van der Waals surface area contributed by atoms with Gasteiger partial charge < -0.3 is 24.9 Å². The van der Waals surface area contributed by atoms with Crippen LogP contribution in [0.25, 0.3) is 10.8 Å². The number of nitrogens with zero attached hydrogens (tertiary/aromatic N) is 1. The van der Waals surface area contributed by atoms with Gasteiger partial charge >= 0.3 is 11.9 Å². The zero-order valence-electron chi connectivity index (χ0n) is 26.6. The number of hydrogen-bond acceptors (Lipinski definition) is 8. The number of nitrogens with one attached hydrogen (secondary N) is 2. The lowest BCUT2D eigenvalue weighted by molar-refractivity contribution is -0.160. The summed E-state index contributed by atoms with van der Waals surface area (Å²) in [4.78, 5) is 58.9. The van der Waals surface area contributed by atoms with E-state index in [2.05, 4.69) is 15.8 Å². The van der Waals surface area contributed by atoms with Gasteiger partial charge in [-0.2, -0.15) is 0 Å². The van der Waals surface area contributed by atoms with Gasteiger partial charge in [0.1, 0.15) is 11.6 Å². The van der Waals surface area contributed by atoms with E-state index in [1.165, 1.54) is 7.11 Å². The van der Waals surface area contributed by atoms with Crippen molar-refractivity contribution in [3.05, 3.63) is 83.9 Å². The maximum absolute atomic E-state index is 14.0. The molecule has 1 heterocycles. The molecule has 0 radical (unpaired) electrons. The van der Waals surface area contributed by atoms with Gasteiger partial charge in [0, 0.05) is 18.4 Å². The average Bonchev–Trinajstić information content (AvgIpc) is 3.42. The van der Waals surface area contributed by atoms with E-state index in [0.717, 1.165) is 16.3 Å². The van der Waals surface area contributed by atoms with E-state index < -0.39 is 47.6 Å². The fraction of sp³-hybridized carbons (Fsp3) is 0.400. The van der Waals surface area contributed by atoms with E-state index in [0.29, 0.717) is 11.3 Å². The number of esters is 2. The van der Waals surface area contributed by atoms with E-state index >= 15 is 0 Å². The summed E-state index contributed by atoms with van der Waals surface area (Å²) in [6.07, 6.45) is -0.275. The van der Waals surface area contributed by atoms with Crippen LogP contribution in [0.3, 0.4) is 0 Å². The third kappa shape index (κ3) is 8.26. The lowest BCUT2D eigenvalue weighted by atomic mass is 9.84. The Kier molecular flexibility index (Phi) is 10.3. The molecule has 4 rings (SSSR count). The molecule has 1 aliphatic rings. The van der Waals surface area contributed by atoms with Crippen LogP contribution in [0.1, 0.15) is 63.4 Å². The van der Waals surface area contributed by atoms with Crippen LogP contribution >= 0.6 is 0 Å². The molecule has 0 saturated heterocycles. The monoisotopic (exact) mass is 615 g/mol. The number of amides is 2. The highest BCUT2D eigenvalue weighted by Gasteiger charge is 2.50. The summed E-state index contributed by atoms with van der Waals surface area (Å²) in [6, 6.07) is 20.6. The smallest absolute Gasteiger partial charge is 0.328 e. The molecule has 3 aromatic carbocycles. The molecule has 2 N–H and O–H groups in total. The van der Waals surface area contributed by atoms with Gasteiger partial charge in [0.15, 0.2) is 0 Å². The Labute approximate surface area is 263 Å². The van der Waals surface area contributed by atoms with Crippen LogP contribution < -0.4 is 10.6 Å². The molecule has 0 saturated carbocycles. The Hall–Kier alpha value is -4.73. The van der Waals surface area contributed by atoms with Crippen molar-refractivity contribution in [2.24, 2.45) is 11.1 Å². The van der Waals surface area contributed by atoms with Gasteiger partial charge in [-0.3, -0.25) is 14.4 Å². The molecule has 10 nitrogen and oxygen atoms in total. The number of carbonyl (C=O) groups excluding carboxylic acids is 4. The van der Waals surface area contributed by atoms with Crippen LogP contribution in [0, 0.1) is 5.92 Å². The highest BCUT2D eigenvalue weighted by atomic mass is 16.7. The molecule has 238 valence electrons. The Balaban J connectivity index is 1.60. The summed E-state index contributed by atoms with van der Waals surface area (Å²) in [6.45, 7) is 9.02. The van der Waals surface area contributed by atoms with Gasteiger partial charge in [-0.25, -0.2) is 4.79 Å². The van der Waals surface area contributed by atoms with Gasteiger partial charge in [0.25, 0.3) is 11.8 Å². The number of carbonyl (C=O) groups is 4. The fourth-order valence-corrected chi connectivity index (χ4v) is 5.34. The largest absolute Gasteiger partial charge is 0.467 e. The third-order valence-corrected chi connectivity index (χ3v) is 7.48. The summed E-state index contributed by atoms with van der Waals surface area (Å²) >= 11 is 0. The van der Waals surface area contributed by atoms with Crippen molar-refractivity contribution in [3.8, 4) is 0 Å². The third-order valence-electron chi connectivity index (χ3n) is 7.48. The van der Waals surface area contributed by atoms with Crippen LogP contribution in [-0.4, -0.2) is 59.9 Å². The molecule has 2 amide bonds. The Morgan fingerprint density at radius 1 is 0.933 bits per heavy atom. The first kappa shape index (κ1) is 33.2. The standard InChI is InChI=1S/C35H41N3O7/c1-22(2)30(37-31(40)26-18-12-16-24-15-10-11-17-25(24)26)28-21-35(45-38-28,20-23-13-8-7-9-14-23)33(42)36-27(32(41)43-6)19-29(39)44-34(3,4)5/h7-18,22,27,30H,19-21H2,1-6H3,(H,36,42)(H,37,40)/t27-,30-,35?/m0/s1. The summed E-state index contributed by atoms with van der Waals surface area (Å²) in [7, 11) is 1.18. The van der Waals surface area contributed by atoms with E-state index in [-0.39, 0.29) is 24.7 Å². The Bertz CT molecular complexity index is 1570. The fourth-order valence-electron chi connectivity index (χ4n) is 5.34. The summed E-state index contributed by atoms with van der Waals surface area (Å²) in [5.41, 5.74) is -0.544. The van der Waals surface area contributed by atoms with Crippen LogP contribution in [0.2, 0.25) is 0 Å². The lowest BCUT2D eigenvalue weighted by Crippen LogP contribution is -2.55. The van der Waals surface area contributed by atoms with Gasteiger partial charge in [0.05, 0.1) is 25.3 Å². The van der Waals surface area contributed by atoms with Gasteiger partial charge in [-0.15, -0.1) is 0 Å². The van der Waals surface area contributed by atoms with Crippen molar-refractivity contribution in [2.75, 3.05) is 7.11 Å². The zero-order chi connectivity index (χ0) is 32.8. The normalized spacial score (nSPS) is 17.5. The number of methoxy groups -OCH3 is 1. The van der Waals surface area contributed by atoms with Crippen LogP contribution in [-0.2, 0) is 35.1 Å². The second-order valence-electron chi connectivity index (χ2n) is 12.6. The highest BCUT2D eigenvalue weighted by molar-refractivity contribution is 6.09. The number of oxime groups is 1. The number of fused-ring (bicyclic) bond motifs is 1. The Morgan fingerprint density at radius 2 is 1.60 bits per heavy atom. The number of hydrogen-bond donors (Lipinski definition) is 2. The average molecular weight is 616 g/mol. The second kappa shape index (κ2) is 13.9. The summed E-state index contributed by atoms with van der Waals surface area (Å²) in [5, 5.41) is 11.9. The molecule has 3 aromatic rings. The van der Waals surface area contributed by atoms with Crippen molar-refractivity contribution >= 4 is 40.2 Å². The first-order chi connectivity index (χ1) is 21.3. The quantitative estimate of drug-likeness (QED) is 0.298. The van der Waals surface area contributed by atoms with Crippen molar-refractivity contribution < 1.29 is 33.5 Å². The van der Waals surface area contributed by atoms with E-state index in [1.54, 1.807) is 26.8 Å². The van der Waals surface area contributed by atoms with Crippen molar-refractivity contribution in [1.29, 1.82) is 0 Å². The van der Waals surface area contributed by atoms with E-state index in [1.807, 2.05) is 80.6 Å². The highest BCUT2D eigenvalue weighted by Crippen LogP contribution is 2.32. The van der Waals surface area contributed by atoms with Gasteiger partial charge in [-0.1, -0.05) is 85.7 Å². The molecule has 0 aromatic heterocycles. The molecule has 0 bridgehead atoms. The van der Waals surface area contributed by atoms with E-state index in [4.69, 9.17) is 14.3 Å². The second-order valence-corrected chi connectivity index (χ2v) is 12.6. The topological polar surface area (TPSA) is 132 Å². The molecule has 0 fully saturated rings. The zero-order valence-corrected chi connectivity index (χ0v) is 26.6. The maximum atomic E-state index is 14.0. The minimum Gasteiger partial charge on any atom is -0.467 e. The molecular weight excluding hydrogens is 574 g/mol. The summed E-state index contributed by atoms with van der Waals surface area (Å²) in [5.74, 6) is -2.49. The molecule has 10 heteroatoms. The lowest BCUT2D eigenvalue weighted by Gasteiger charge is -2.29. The maximum Gasteiger partial charge on any atom is 0.328 e. The molecule has 0 aliphatic carbocycles. The van der Waals surface area contributed by atoms with Crippen LogP contribution in [0.4, 0.5) is 0 Å². The van der Waals surface area contributed by atoms with Crippen molar-refractivity contribution in [2.45, 2.75) is 77.2 Å². The summed E-state index contributed by atoms with van der Waals surface area (Å²) < 4.78 is 10.3. The predicted molar refractivity (Wildman–Crippen MR) is 170 cm³/mol. The molecule has 1 unspecified atom stereocenters. The van der Waals surface area contributed by atoms with Gasteiger partial charge in [-0.05, 0) is 49.1 Å². The van der Waals surface area contributed by atoms with Crippen LogP contribution in [0.15, 0.2) is 78.0 Å². The first-order valence-corrected chi connectivity index (χ1v) is 15.0. The van der Waals surface area contributed by atoms with E-state index in [9.17, 15) is 19.2 Å². The minimum atomic E-state index is -1.56. The Morgan fingerprint density at radius 3 is 2.27 bits per heavy atom. The van der Waals surface area contributed by atoms with Gasteiger partial charge in [0.2, 0.25) is 5.60 Å². The minimum absolute atomic E-state index is 0.0344. The number of ether oxygens (including phenoxy) is 2. The molecule has 1 aliphatic heterocycles. The first-order valence-electron chi connectivity index (χ1n) is 15.0. The molecule has 45 heavy (non-hydrogen) atoms. The number of rotatable bonds is 11. The van der Waals surface area contributed by atoms with Crippen LogP contribution in [0.5, 0.6) is 0 Å². The van der Waals surface area contributed by atoms with Crippen molar-refractivity contribution in [1.82, 2.24) is 10.6 Å². The SMILES string of the molecule is COC(=O)[C@H](CC(=O)OC(C)(C)C)NC(=O)C1(Cc2ccccc2)CC([C@@H](NC(=O)c2cccc3ccccc23)C(C)C)=NO1. The van der Waals surface area contributed by atoms with Crippen molar-refractivity contribution in [3.63, 3.8) is 0 Å². The predicted octanol–water partition coefficient (Wildman–Crippen LogP) is 4.74. The number of benzene rings is 3. The molecule has 3 atom stereocenters. The molecule has 0 spiro atoms. The molecular formula is C35H41N3O7.